The van der Waals surface area contributed by atoms with Gasteiger partial charge in [0, 0.05) is 6.04 Å². The van der Waals surface area contributed by atoms with Crippen LogP contribution in [0.2, 0.25) is 0 Å². The van der Waals surface area contributed by atoms with Gasteiger partial charge in [0.05, 0.1) is 5.54 Å². The minimum Gasteiger partial charge on any atom is -0.335 e. The molecule has 1 heterocycles. The standard InChI is InChI=1S/C16H23N3O/c20-15(18-14-7-11-17-12-8-14)19-16(9-4-10-16)13-5-2-1-3-6-13/h1-3,5-6,14,17H,4,7-12H2,(H2,18,19,20). The van der Waals surface area contributed by atoms with Crippen LogP contribution < -0.4 is 16.0 Å². The average molecular weight is 273 g/mol. The zero-order chi connectivity index (χ0) is 13.8. The second-order valence-corrected chi connectivity index (χ2v) is 5.92. The van der Waals surface area contributed by atoms with Gasteiger partial charge in [-0.25, -0.2) is 4.79 Å². The lowest BCUT2D eigenvalue weighted by atomic mass is 9.72. The third-order valence-electron chi connectivity index (χ3n) is 4.56. The molecule has 1 aromatic rings. The fraction of sp³-hybridized carbons (Fsp3) is 0.562. The first-order chi connectivity index (χ1) is 9.78. The predicted molar refractivity (Wildman–Crippen MR) is 79.5 cm³/mol. The zero-order valence-electron chi connectivity index (χ0n) is 11.8. The second-order valence-electron chi connectivity index (χ2n) is 5.92. The highest BCUT2D eigenvalue weighted by Crippen LogP contribution is 2.41. The van der Waals surface area contributed by atoms with Crippen LogP contribution in [-0.2, 0) is 5.54 Å². The maximum atomic E-state index is 12.3. The van der Waals surface area contributed by atoms with Crippen molar-refractivity contribution in [2.24, 2.45) is 0 Å². The Morgan fingerprint density at radius 1 is 1.15 bits per heavy atom. The van der Waals surface area contributed by atoms with E-state index in [0.29, 0.717) is 6.04 Å². The van der Waals surface area contributed by atoms with Gasteiger partial charge < -0.3 is 16.0 Å². The second kappa shape index (κ2) is 5.83. The van der Waals surface area contributed by atoms with Crippen molar-refractivity contribution in [3.8, 4) is 0 Å². The van der Waals surface area contributed by atoms with Gasteiger partial charge in [-0.2, -0.15) is 0 Å². The topological polar surface area (TPSA) is 53.2 Å². The molecular formula is C16H23N3O. The van der Waals surface area contributed by atoms with E-state index in [1.165, 1.54) is 12.0 Å². The van der Waals surface area contributed by atoms with Crippen LogP contribution in [0.25, 0.3) is 0 Å². The van der Waals surface area contributed by atoms with Gasteiger partial charge in [0.2, 0.25) is 0 Å². The quantitative estimate of drug-likeness (QED) is 0.790. The summed E-state index contributed by atoms with van der Waals surface area (Å²) < 4.78 is 0. The Kier molecular flexibility index (Phi) is 3.92. The number of rotatable bonds is 3. The summed E-state index contributed by atoms with van der Waals surface area (Å²) in [5.74, 6) is 0. The number of carbonyl (C=O) groups is 1. The Labute approximate surface area is 120 Å². The van der Waals surface area contributed by atoms with Crippen LogP contribution in [0.15, 0.2) is 30.3 Å². The Bertz CT molecular complexity index is 450. The van der Waals surface area contributed by atoms with Crippen LogP contribution in [-0.4, -0.2) is 25.2 Å². The molecule has 0 radical (unpaired) electrons. The van der Waals surface area contributed by atoms with Crippen molar-refractivity contribution in [1.82, 2.24) is 16.0 Å². The molecule has 3 N–H and O–H groups in total. The van der Waals surface area contributed by atoms with E-state index in [0.717, 1.165) is 38.8 Å². The van der Waals surface area contributed by atoms with E-state index >= 15 is 0 Å². The number of piperidine rings is 1. The summed E-state index contributed by atoms with van der Waals surface area (Å²) in [6, 6.07) is 10.6. The molecule has 0 aromatic heterocycles. The van der Waals surface area contributed by atoms with Gasteiger partial charge in [0.1, 0.15) is 0 Å². The predicted octanol–water partition coefficient (Wildman–Crippen LogP) is 2.12. The molecule has 0 unspecified atom stereocenters. The van der Waals surface area contributed by atoms with Crippen molar-refractivity contribution < 1.29 is 4.79 Å². The Balaban J connectivity index is 1.61. The van der Waals surface area contributed by atoms with Gasteiger partial charge in [-0.1, -0.05) is 30.3 Å². The molecule has 20 heavy (non-hydrogen) atoms. The molecule has 4 heteroatoms. The van der Waals surface area contributed by atoms with Gasteiger partial charge in [-0.15, -0.1) is 0 Å². The summed E-state index contributed by atoms with van der Waals surface area (Å²) >= 11 is 0. The number of carbonyl (C=O) groups excluding carboxylic acids is 1. The molecule has 2 amide bonds. The highest BCUT2D eigenvalue weighted by atomic mass is 16.2. The molecule has 1 saturated heterocycles. The first kappa shape index (κ1) is 13.4. The van der Waals surface area contributed by atoms with E-state index < -0.39 is 0 Å². The lowest BCUT2D eigenvalue weighted by molar-refractivity contribution is 0.173. The van der Waals surface area contributed by atoms with Crippen molar-refractivity contribution in [2.45, 2.75) is 43.7 Å². The van der Waals surface area contributed by atoms with E-state index in [1.54, 1.807) is 0 Å². The number of benzene rings is 1. The molecule has 3 rings (SSSR count). The highest BCUT2D eigenvalue weighted by Gasteiger charge is 2.40. The van der Waals surface area contributed by atoms with E-state index in [9.17, 15) is 4.79 Å². The Hall–Kier alpha value is -1.55. The Morgan fingerprint density at radius 3 is 2.45 bits per heavy atom. The first-order valence-corrected chi connectivity index (χ1v) is 7.63. The minimum absolute atomic E-state index is 0.0135. The van der Waals surface area contributed by atoms with Crippen LogP contribution in [0.3, 0.4) is 0 Å². The van der Waals surface area contributed by atoms with E-state index in [-0.39, 0.29) is 11.6 Å². The summed E-state index contributed by atoms with van der Waals surface area (Å²) in [5, 5.41) is 9.66. The summed E-state index contributed by atoms with van der Waals surface area (Å²) in [7, 11) is 0. The molecular weight excluding hydrogens is 250 g/mol. The average Bonchev–Trinajstić information content (AvgIpc) is 2.45. The SMILES string of the molecule is O=C(NC1CCNCC1)NC1(c2ccccc2)CCC1. The highest BCUT2D eigenvalue weighted by molar-refractivity contribution is 5.75. The molecule has 1 aromatic carbocycles. The van der Waals surface area contributed by atoms with Gasteiger partial charge in [-0.05, 0) is 50.8 Å². The molecule has 0 atom stereocenters. The maximum absolute atomic E-state index is 12.3. The molecule has 108 valence electrons. The number of hydrogen-bond donors (Lipinski definition) is 3. The summed E-state index contributed by atoms with van der Waals surface area (Å²) in [6.07, 6.45) is 5.30. The molecule has 0 bridgehead atoms. The number of urea groups is 1. The van der Waals surface area contributed by atoms with Gasteiger partial charge >= 0.3 is 6.03 Å². The van der Waals surface area contributed by atoms with Crippen LogP contribution in [0.5, 0.6) is 0 Å². The molecule has 1 saturated carbocycles. The lowest BCUT2D eigenvalue weighted by Crippen LogP contribution is -2.56. The zero-order valence-corrected chi connectivity index (χ0v) is 11.8. The van der Waals surface area contributed by atoms with Gasteiger partial charge in [0.15, 0.2) is 0 Å². The van der Waals surface area contributed by atoms with Gasteiger partial charge in [-0.3, -0.25) is 0 Å². The smallest absolute Gasteiger partial charge is 0.315 e. The lowest BCUT2D eigenvalue weighted by Gasteiger charge is -2.43. The Morgan fingerprint density at radius 2 is 1.85 bits per heavy atom. The van der Waals surface area contributed by atoms with Crippen LogP contribution in [0.1, 0.15) is 37.7 Å². The summed E-state index contributed by atoms with van der Waals surface area (Å²) in [5.41, 5.74) is 1.09. The summed E-state index contributed by atoms with van der Waals surface area (Å²) in [4.78, 5) is 12.3. The van der Waals surface area contributed by atoms with E-state index in [4.69, 9.17) is 0 Å². The van der Waals surface area contributed by atoms with Gasteiger partial charge in [0.25, 0.3) is 0 Å². The fourth-order valence-electron chi connectivity index (χ4n) is 3.18. The fourth-order valence-corrected chi connectivity index (χ4v) is 3.18. The maximum Gasteiger partial charge on any atom is 0.315 e. The molecule has 1 aliphatic heterocycles. The molecule has 1 aliphatic carbocycles. The molecule has 4 nitrogen and oxygen atoms in total. The first-order valence-electron chi connectivity index (χ1n) is 7.63. The molecule has 2 fully saturated rings. The van der Waals surface area contributed by atoms with Crippen LogP contribution in [0, 0.1) is 0 Å². The normalized spacial score (nSPS) is 21.8. The number of nitrogens with one attached hydrogen (secondary N) is 3. The monoisotopic (exact) mass is 273 g/mol. The van der Waals surface area contributed by atoms with E-state index in [2.05, 4.69) is 28.1 Å². The molecule has 0 spiro atoms. The summed E-state index contributed by atoms with van der Waals surface area (Å²) in [6.45, 7) is 1.99. The molecule has 2 aliphatic rings. The minimum atomic E-state index is -0.141. The number of hydrogen-bond acceptors (Lipinski definition) is 2. The van der Waals surface area contributed by atoms with E-state index in [1.807, 2.05) is 18.2 Å². The third-order valence-corrected chi connectivity index (χ3v) is 4.56. The van der Waals surface area contributed by atoms with Crippen molar-refractivity contribution in [1.29, 1.82) is 0 Å². The van der Waals surface area contributed by atoms with Crippen molar-refractivity contribution in [3.05, 3.63) is 35.9 Å². The van der Waals surface area contributed by atoms with Crippen molar-refractivity contribution in [3.63, 3.8) is 0 Å². The van der Waals surface area contributed by atoms with Crippen molar-refractivity contribution >= 4 is 6.03 Å². The number of amides is 2. The van der Waals surface area contributed by atoms with Crippen molar-refractivity contribution in [2.75, 3.05) is 13.1 Å². The third kappa shape index (κ3) is 2.80. The van der Waals surface area contributed by atoms with Crippen LogP contribution in [0.4, 0.5) is 4.79 Å². The largest absolute Gasteiger partial charge is 0.335 e. The van der Waals surface area contributed by atoms with Crippen LogP contribution >= 0.6 is 0 Å².